The molecule has 2 rings (SSSR count). The van der Waals surface area contributed by atoms with Crippen LogP contribution < -0.4 is 9.88 Å². The summed E-state index contributed by atoms with van der Waals surface area (Å²) >= 11 is 0. The first kappa shape index (κ1) is 8.63. The predicted octanol–water partition coefficient (Wildman–Crippen LogP) is 2.16. The fourth-order valence-corrected chi connectivity index (χ4v) is 1.78. The zero-order valence-electron chi connectivity index (χ0n) is 8.29. The predicted molar refractivity (Wildman–Crippen MR) is 55.0 cm³/mol. The molecule has 0 aliphatic carbocycles. The van der Waals surface area contributed by atoms with Gasteiger partial charge in [-0.3, -0.25) is 0 Å². The molecule has 1 heterocycles. The van der Waals surface area contributed by atoms with E-state index in [0.717, 1.165) is 5.75 Å². The molecule has 1 aliphatic heterocycles. The molecule has 0 saturated carbocycles. The van der Waals surface area contributed by atoms with Gasteiger partial charge in [0.05, 0.1) is 0 Å². The van der Waals surface area contributed by atoms with E-state index < -0.39 is 0 Å². The summed E-state index contributed by atoms with van der Waals surface area (Å²) in [7, 11) is 0.116. The third-order valence-electron chi connectivity index (χ3n) is 2.42. The lowest BCUT2D eigenvalue weighted by atomic mass is 9.82. The lowest BCUT2D eigenvalue weighted by Gasteiger charge is -2.28. The summed E-state index contributed by atoms with van der Waals surface area (Å²) in [6.45, 7) is 6.29. The van der Waals surface area contributed by atoms with Gasteiger partial charge in [-0.25, -0.2) is 0 Å². The Morgan fingerprint density at radius 1 is 1.46 bits per heavy atom. The van der Waals surface area contributed by atoms with Crippen LogP contribution in [-0.2, 0) is 0 Å². The van der Waals surface area contributed by atoms with Crippen LogP contribution in [0.1, 0.15) is 24.1 Å². The van der Waals surface area contributed by atoms with Gasteiger partial charge in [-0.1, -0.05) is 17.7 Å². The molecular weight excluding hydrogens is 161 g/mol. The molecule has 0 radical (unpaired) electrons. The first-order chi connectivity index (χ1) is 6.16. The summed E-state index contributed by atoms with van der Waals surface area (Å²) in [6.07, 6.45) is 0. The first-order valence-corrected chi connectivity index (χ1v) is 4.70. The molecule has 1 aromatic carbocycles. The SMILES string of the molecule is CB1NC(C)c2cc(C)ccc2O1. The monoisotopic (exact) mass is 175 g/mol. The number of hydrogen-bond acceptors (Lipinski definition) is 2. The zero-order valence-corrected chi connectivity index (χ0v) is 8.29. The second kappa shape index (κ2) is 3.07. The highest BCUT2D eigenvalue weighted by atomic mass is 16.4. The molecule has 1 aromatic rings. The maximum absolute atomic E-state index is 5.65. The second-order valence-corrected chi connectivity index (χ2v) is 3.69. The van der Waals surface area contributed by atoms with Crippen LogP contribution in [0.25, 0.3) is 0 Å². The minimum atomic E-state index is 0.116. The Bertz CT molecular complexity index is 327. The molecule has 1 atom stereocenters. The lowest BCUT2D eigenvalue weighted by Crippen LogP contribution is -2.42. The summed E-state index contributed by atoms with van der Waals surface area (Å²) < 4.78 is 5.65. The van der Waals surface area contributed by atoms with Crippen LogP contribution in [-0.4, -0.2) is 7.05 Å². The smallest absolute Gasteiger partial charge is 0.443 e. The van der Waals surface area contributed by atoms with E-state index in [1.807, 2.05) is 6.82 Å². The molecule has 68 valence electrons. The van der Waals surface area contributed by atoms with Gasteiger partial charge in [0.25, 0.3) is 0 Å². The summed E-state index contributed by atoms with van der Waals surface area (Å²) in [4.78, 5) is 0. The van der Waals surface area contributed by atoms with Gasteiger partial charge in [0.1, 0.15) is 5.75 Å². The standard InChI is InChI=1S/C10H14BNO/c1-7-4-5-10-9(6-7)8(2)12-11(3)13-10/h4-6,8,12H,1-3H3. The van der Waals surface area contributed by atoms with Gasteiger partial charge < -0.3 is 9.88 Å². The normalized spacial score (nSPS) is 20.8. The molecule has 3 heteroatoms. The number of fused-ring (bicyclic) bond motifs is 1. The lowest BCUT2D eigenvalue weighted by molar-refractivity contribution is 0.486. The van der Waals surface area contributed by atoms with E-state index in [-0.39, 0.29) is 7.05 Å². The highest BCUT2D eigenvalue weighted by Gasteiger charge is 2.24. The molecule has 0 bridgehead atoms. The van der Waals surface area contributed by atoms with Crippen molar-refractivity contribution in [2.45, 2.75) is 26.7 Å². The fraction of sp³-hybridized carbons (Fsp3) is 0.400. The van der Waals surface area contributed by atoms with Gasteiger partial charge in [0.15, 0.2) is 0 Å². The molecule has 0 amide bonds. The average molecular weight is 175 g/mol. The number of aryl methyl sites for hydroxylation is 1. The average Bonchev–Trinajstić information content (AvgIpc) is 2.06. The zero-order chi connectivity index (χ0) is 9.42. The first-order valence-electron chi connectivity index (χ1n) is 4.70. The van der Waals surface area contributed by atoms with Crippen molar-refractivity contribution >= 4 is 7.05 Å². The van der Waals surface area contributed by atoms with E-state index >= 15 is 0 Å². The quantitative estimate of drug-likeness (QED) is 0.610. The Morgan fingerprint density at radius 2 is 2.23 bits per heavy atom. The van der Waals surface area contributed by atoms with Crippen molar-refractivity contribution in [3.05, 3.63) is 29.3 Å². The molecular formula is C10H14BNO. The van der Waals surface area contributed by atoms with Crippen molar-refractivity contribution in [1.82, 2.24) is 5.23 Å². The van der Waals surface area contributed by atoms with E-state index in [0.29, 0.717) is 6.04 Å². The maximum atomic E-state index is 5.65. The molecule has 2 nitrogen and oxygen atoms in total. The minimum absolute atomic E-state index is 0.116. The summed E-state index contributed by atoms with van der Waals surface area (Å²) in [5.41, 5.74) is 2.55. The Labute approximate surface area is 79.4 Å². The molecule has 13 heavy (non-hydrogen) atoms. The van der Waals surface area contributed by atoms with Gasteiger partial charge in [-0.2, -0.15) is 0 Å². The molecule has 1 unspecified atom stereocenters. The van der Waals surface area contributed by atoms with E-state index in [4.69, 9.17) is 4.65 Å². The highest BCUT2D eigenvalue weighted by molar-refractivity contribution is 6.48. The molecule has 1 aliphatic rings. The van der Waals surface area contributed by atoms with Gasteiger partial charge in [-0.05, 0) is 26.7 Å². The van der Waals surface area contributed by atoms with Crippen molar-refractivity contribution in [3.63, 3.8) is 0 Å². The van der Waals surface area contributed by atoms with E-state index in [1.165, 1.54) is 11.1 Å². The van der Waals surface area contributed by atoms with Crippen LogP contribution in [0.2, 0.25) is 6.82 Å². The van der Waals surface area contributed by atoms with Crippen molar-refractivity contribution in [2.75, 3.05) is 0 Å². The van der Waals surface area contributed by atoms with Crippen LogP contribution in [0.3, 0.4) is 0 Å². The van der Waals surface area contributed by atoms with E-state index in [1.54, 1.807) is 0 Å². The van der Waals surface area contributed by atoms with Crippen molar-refractivity contribution in [3.8, 4) is 5.75 Å². The van der Waals surface area contributed by atoms with E-state index in [9.17, 15) is 0 Å². The van der Waals surface area contributed by atoms with Gasteiger partial charge in [0.2, 0.25) is 0 Å². The molecule has 0 saturated heterocycles. The van der Waals surface area contributed by atoms with Crippen molar-refractivity contribution < 1.29 is 4.65 Å². The van der Waals surface area contributed by atoms with Gasteiger partial charge in [0, 0.05) is 11.6 Å². The number of benzene rings is 1. The number of nitrogens with one attached hydrogen (secondary N) is 1. The van der Waals surface area contributed by atoms with Crippen molar-refractivity contribution in [1.29, 1.82) is 0 Å². The third-order valence-corrected chi connectivity index (χ3v) is 2.42. The third kappa shape index (κ3) is 1.56. The highest BCUT2D eigenvalue weighted by Crippen LogP contribution is 2.29. The molecule has 1 N–H and O–H groups in total. The number of hydrogen-bond donors (Lipinski definition) is 1. The van der Waals surface area contributed by atoms with Crippen molar-refractivity contribution in [2.24, 2.45) is 0 Å². The Morgan fingerprint density at radius 3 is 3.00 bits per heavy atom. The Hall–Kier alpha value is -0.955. The van der Waals surface area contributed by atoms with Crippen LogP contribution in [0.5, 0.6) is 5.75 Å². The largest absolute Gasteiger partial charge is 0.546 e. The fourth-order valence-electron chi connectivity index (χ4n) is 1.78. The maximum Gasteiger partial charge on any atom is 0.443 e. The second-order valence-electron chi connectivity index (χ2n) is 3.69. The van der Waals surface area contributed by atoms with Crippen LogP contribution in [0, 0.1) is 6.92 Å². The minimum Gasteiger partial charge on any atom is -0.546 e. The summed E-state index contributed by atoms with van der Waals surface area (Å²) in [6, 6.07) is 6.71. The Kier molecular flexibility index (Phi) is 2.04. The van der Waals surface area contributed by atoms with Crippen LogP contribution in [0.15, 0.2) is 18.2 Å². The van der Waals surface area contributed by atoms with Crippen LogP contribution >= 0.6 is 0 Å². The van der Waals surface area contributed by atoms with Gasteiger partial charge >= 0.3 is 7.05 Å². The Balaban J connectivity index is 2.43. The summed E-state index contributed by atoms with van der Waals surface area (Å²) in [5, 5.41) is 3.34. The van der Waals surface area contributed by atoms with Gasteiger partial charge in [-0.15, -0.1) is 0 Å². The summed E-state index contributed by atoms with van der Waals surface area (Å²) in [5.74, 6) is 1.02. The molecule has 0 fully saturated rings. The molecule has 0 aromatic heterocycles. The van der Waals surface area contributed by atoms with Crippen LogP contribution in [0.4, 0.5) is 0 Å². The number of rotatable bonds is 0. The topological polar surface area (TPSA) is 21.3 Å². The molecule has 0 spiro atoms. The van der Waals surface area contributed by atoms with E-state index in [2.05, 4.69) is 37.3 Å².